The maximum atomic E-state index is 12.8. The van der Waals surface area contributed by atoms with E-state index in [1.165, 1.54) is 0 Å². The quantitative estimate of drug-likeness (QED) is 0.651. The molecule has 2 nitrogen and oxygen atoms in total. The van der Waals surface area contributed by atoms with Crippen LogP contribution in [0.2, 0.25) is 0 Å². The van der Waals surface area contributed by atoms with Crippen molar-refractivity contribution < 1.29 is 18.0 Å². The van der Waals surface area contributed by atoms with Crippen molar-refractivity contribution in [3.8, 4) is 0 Å². The molecule has 1 aliphatic heterocycles. The number of carbonyl (C=O) groups excluding carboxylic acids is 1. The fraction of sp³-hybridized carbons (Fsp3) is 0.929. The molecule has 1 amide bonds. The summed E-state index contributed by atoms with van der Waals surface area (Å²) in [4.78, 5) is 14.4. The van der Waals surface area contributed by atoms with Crippen molar-refractivity contribution in [2.24, 2.45) is 17.8 Å². The lowest BCUT2D eigenvalue weighted by molar-refractivity contribution is -0.187. The highest BCUT2D eigenvalue weighted by Gasteiger charge is 2.44. The lowest BCUT2D eigenvalue weighted by Gasteiger charge is -2.38. The van der Waals surface area contributed by atoms with Gasteiger partial charge < -0.3 is 4.90 Å². The van der Waals surface area contributed by atoms with Gasteiger partial charge in [-0.25, -0.2) is 0 Å². The van der Waals surface area contributed by atoms with E-state index in [1.807, 2.05) is 0 Å². The molecule has 1 saturated heterocycles. The van der Waals surface area contributed by atoms with Gasteiger partial charge in [-0.15, -0.1) is 0 Å². The first-order chi connectivity index (χ1) is 9.29. The Kier molecular flexibility index (Phi) is 5.03. The molecule has 1 heterocycles. The third kappa shape index (κ3) is 3.68. The Morgan fingerprint density at radius 3 is 2.55 bits per heavy atom. The van der Waals surface area contributed by atoms with Gasteiger partial charge >= 0.3 is 6.18 Å². The van der Waals surface area contributed by atoms with Gasteiger partial charge in [0.15, 0.2) is 0 Å². The molecular weight excluding hydrogens is 335 g/mol. The van der Waals surface area contributed by atoms with E-state index in [1.54, 1.807) is 4.90 Å². The maximum Gasteiger partial charge on any atom is 0.391 e. The number of piperidine rings is 1. The van der Waals surface area contributed by atoms with Crippen LogP contribution in [0.25, 0.3) is 0 Å². The second kappa shape index (κ2) is 6.24. The molecule has 116 valence electrons. The lowest BCUT2D eigenvalue weighted by Crippen LogP contribution is -2.47. The first-order valence-corrected chi connectivity index (χ1v) is 8.20. The van der Waals surface area contributed by atoms with Crippen molar-refractivity contribution in [3.63, 3.8) is 0 Å². The summed E-state index contributed by atoms with van der Waals surface area (Å²) in [6.07, 6.45) is -2.00. The zero-order chi connectivity index (χ0) is 14.9. The van der Waals surface area contributed by atoms with Gasteiger partial charge in [0.05, 0.1) is 5.92 Å². The average molecular weight is 356 g/mol. The van der Waals surface area contributed by atoms with Crippen LogP contribution in [-0.2, 0) is 4.79 Å². The second-order valence-corrected chi connectivity index (χ2v) is 7.34. The largest absolute Gasteiger partial charge is 0.391 e. The SMILES string of the molecule is CC1CCN(C(=O)C2CCCC(C(F)(F)F)C2)CC1Br. The maximum absolute atomic E-state index is 12.8. The first-order valence-electron chi connectivity index (χ1n) is 7.28. The Bertz CT molecular complexity index is 361. The van der Waals surface area contributed by atoms with Crippen LogP contribution in [-0.4, -0.2) is 34.9 Å². The topological polar surface area (TPSA) is 20.3 Å². The van der Waals surface area contributed by atoms with E-state index in [2.05, 4.69) is 22.9 Å². The van der Waals surface area contributed by atoms with E-state index in [4.69, 9.17) is 0 Å². The van der Waals surface area contributed by atoms with E-state index < -0.39 is 18.0 Å². The monoisotopic (exact) mass is 355 g/mol. The summed E-state index contributed by atoms with van der Waals surface area (Å²) in [6.45, 7) is 3.42. The molecule has 2 aliphatic rings. The number of carbonyl (C=O) groups is 1. The molecular formula is C14H21BrF3NO. The second-order valence-electron chi connectivity index (χ2n) is 6.17. The number of halogens is 4. The number of amides is 1. The molecule has 4 atom stereocenters. The summed E-state index contributed by atoms with van der Waals surface area (Å²) in [5, 5.41) is 0. The van der Waals surface area contributed by atoms with Crippen LogP contribution in [0.15, 0.2) is 0 Å². The predicted molar refractivity (Wildman–Crippen MR) is 74.6 cm³/mol. The van der Waals surface area contributed by atoms with Crippen LogP contribution in [0.4, 0.5) is 13.2 Å². The van der Waals surface area contributed by atoms with Crippen LogP contribution in [0.5, 0.6) is 0 Å². The van der Waals surface area contributed by atoms with Gasteiger partial charge in [0.2, 0.25) is 5.91 Å². The van der Waals surface area contributed by atoms with Crippen molar-refractivity contribution >= 4 is 21.8 Å². The summed E-state index contributed by atoms with van der Waals surface area (Å²) in [6, 6.07) is 0. The molecule has 0 spiro atoms. The third-order valence-electron chi connectivity index (χ3n) is 4.66. The number of likely N-dealkylation sites (tertiary alicyclic amines) is 1. The van der Waals surface area contributed by atoms with Gasteiger partial charge in [0, 0.05) is 23.8 Å². The number of hydrogen-bond acceptors (Lipinski definition) is 1. The van der Waals surface area contributed by atoms with Gasteiger partial charge in [0.25, 0.3) is 0 Å². The molecule has 0 aromatic rings. The summed E-state index contributed by atoms with van der Waals surface area (Å²) in [5.74, 6) is -1.30. The molecule has 20 heavy (non-hydrogen) atoms. The molecule has 0 radical (unpaired) electrons. The van der Waals surface area contributed by atoms with E-state index in [-0.39, 0.29) is 23.6 Å². The Labute approximate surface area is 126 Å². The first kappa shape index (κ1) is 16.1. The predicted octanol–water partition coefficient (Wildman–Crippen LogP) is 3.99. The Morgan fingerprint density at radius 2 is 1.95 bits per heavy atom. The molecule has 0 aromatic carbocycles. The number of nitrogens with zero attached hydrogens (tertiary/aromatic N) is 1. The van der Waals surface area contributed by atoms with Crippen LogP contribution >= 0.6 is 15.9 Å². The van der Waals surface area contributed by atoms with Crippen molar-refractivity contribution in [2.75, 3.05) is 13.1 Å². The van der Waals surface area contributed by atoms with Gasteiger partial charge in [-0.1, -0.05) is 29.3 Å². The molecule has 1 saturated carbocycles. The summed E-state index contributed by atoms with van der Waals surface area (Å²) >= 11 is 3.56. The van der Waals surface area contributed by atoms with E-state index in [0.29, 0.717) is 31.8 Å². The fourth-order valence-electron chi connectivity index (χ4n) is 3.19. The van der Waals surface area contributed by atoms with Crippen LogP contribution < -0.4 is 0 Å². The molecule has 2 fully saturated rings. The van der Waals surface area contributed by atoms with Gasteiger partial charge in [-0.05, 0) is 31.6 Å². The molecule has 2 rings (SSSR count). The molecule has 0 bridgehead atoms. The standard InChI is InChI=1S/C14H21BrF3NO/c1-9-5-6-19(8-12(9)15)13(20)10-3-2-4-11(7-10)14(16,17)18/h9-12H,2-8H2,1H3. The van der Waals surface area contributed by atoms with Crippen LogP contribution in [0, 0.1) is 17.8 Å². The van der Waals surface area contributed by atoms with Crippen molar-refractivity contribution in [1.29, 1.82) is 0 Å². The van der Waals surface area contributed by atoms with Gasteiger partial charge in [-0.2, -0.15) is 13.2 Å². The summed E-state index contributed by atoms with van der Waals surface area (Å²) in [5.41, 5.74) is 0. The Hall–Kier alpha value is -0.260. The van der Waals surface area contributed by atoms with Crippen molar-refractivity contribution in [3.05, 3.63) is 0 Å². The molecule has 1 aliphatic carbocycles. The molecule has 0 N–H and O–H groups in total. The zero-order valence-corrected chi connectivity index (χ0v) is 13.2. The molecule has 6 heteroatoms. The zero-order valence-electron chi connectivity index (χ0n) is 11.6. The number of alkyl halides is 4. The van der Waals surface area contributed by atoms with Gasteiger partial charge in [0.1, 0.15) is 0 Å². The lowest BCUT2D eigenvalue weighted by atomic mass is 9.80. The minimum Gasteiger partial charge on any atom is -0.341 e. The van der Waals surface area contributed by atoms with E-state index >= 15 is 0 Å². The minimum absolute atomic E-state index is 0.0264. The van der Waals surface area contributed by atoms with E-state index in [0.717, 1.165) is 6.42 Å². The highest BCUT2D eigenvalue weighted by Crippen LogP contribution is 2.40. The average Bonchev–Trinajstić information content (AvgIpc) is 2.40. The normalized spacial score (nSPS) is 36.0. The Morgan fingerprint density at radius 1 is 1.25 bits per heavy atom. The fourth-order valence-corrected chi connectivity index (χ4v) is 3.81. The summed E-state index contributed by atoms with van der Waals surface area (Å²) in [7, 11) is 0. The van der Waals surface area contributed by atoms with Crippen LogP contribution in [0.3, 0.4) is 0 Å². The molecule has 0 aromatic heterocycles. The Balaban J connectivity index is 1.95. The smallest absolute Gasteiger partial charge is 0.341 e. The molecule has 4 unspecified atom stereocenters. The highest BCUT2D eigenvalue weighted by atomic mass is 79.9. The minimum atomic E-state index is -4.16. The number of rotatable bonds is 1. The van der Waals surface area contributed by atoms with Crippen molar-refractivity contribution in [1.82, 2.24) is 4.90 Å². The third-order valence-corrected chi connectivity index (χ3v) is 5.86. The highest BCUT2D eigenvalue weighted by molar-refractivity contribution is 9.09. The van der Waals surface area contributed by atoms with Crippen LogP contribution in [0.1, 0.15) is 39.0 Å². The van der Waals surface area contributed by atoms with Crippen molar-refractivity contribution in [2.45, 2.75) is 50.0 Å². The van der Waals surface area contributed by atoms with E-state index in [9.17, 15) is 18.0 Å². The summed E-state index contributed by atoms with van der Waals surface area (Å²) < 4.78 is 38.4. The number of hydrogen-bond donors (Lipinski definition) is 0. The van der Waals surface area contributed by atoms with Gasteiger partial charge in [-0.3, -0.25) is 4.79 Å².